The van der Waals surface area contributed by atoms with Crippen molar-refractivity contribution in [2.75, 3.05) is 5.01 Å². The van der Waals surface area contributed by atoms with Crippen molar-refractivity contribution in [3.05, 3.63) is 64.1 Å². The van der Waals surface area contributed by atoms with Crippen LogP contribution in [0.15, 0.2) is 58.1 Å². The fourth-order valence-corrected chi connectivity index (χ4v) is 2.43. The number of nitrogens with zero attached hydrogens (tertiary/aromatic N) is 2. The van der Waals surface area contributed by atoms with Gasteiger partial charge in [0.15, 0.2) is 0 Å². The minimum Gasteiger partial charge on any atom is -0.271 e. The smallest absolute Gasteiger partial charge is 0.260 e. The number of hydrogen-bond donors (Lipinski definition) is 0. The predicted octanol–water partition coefficient (Wildman–Crippen LogP) is 3.87. The molecule has 0 aromatic heterocycles. The molecular formula is C16H13BrN2O. The van der Waals surface area contributed by atoms with Crippen LogP contribution in [0.25, 0.3) is 0 Å². The summed E-state index contributed by atoms with van der Waals surface area (Å²) < 4.78 is 0.979. The molecule has 0 spiro atoms. The molecule has 1 heterocycles. The molecule has 0 saturated carbocycles. The average molecular weight is 329 g/mol. The second-order valence-corrected chi connectivity index (χ2v) is 5.70. The van der Waals surface area contributed by atoms with Gasteiger partial charge in [-0.1, -0.05) is 45.8 Å². The highest BCUT2D eigenvalue weighted by Gasteiger charge is 2.30. The second-order valence-electron chi connectivity index (χ2n) is 4.78. The number of anilines is 1. The Morgan fingerprint density at radius 3 is 2.35 bits per heavy atom. The van der Waals surface area contributed by atoms with Crippen LogP contribution in [0, 0.1) is 6.92 Å². The summed E-state index contributed by atoms with van der Waals surface area (Å²) in [5.74, 6) is -0.310. The van der Waals surface area contributed by atoms with E-state index >= 15 is 0 Å². The molecule has 0 fully saturated rings. The van der Waals surface area contributed by atoms with Crippen LogP contribution in [-0.2, 0) is 4.79 Å². The van der Waals surface area contributed by atoms with Crippen molar-refractivity contribution in [2.45, 2.75) is 12.8 Å². The molecule has 2 aromatic carbocycles. The average Bonchev–Trinajstić information content (AvgIpc) is 2.83. The summed E-state index contributed by atoms with van der Waals surface area (Å²) in [5, 5.41) is 5.70. The fraction of sp³-hybridized carbons (Fsp3) is 0.125. The number of carbonyl (C=O) groups excluding carboxylic acids is 1. The molecule has 3 rings (SSSR count). The third kappa shape index (κ3) is 2.39. The van der Waals surface area contributed by atoms with Gasteiger partial charge in [-0.05, 0) is 36.8 Å². The van der Waals surface area contributed by atoms with Crippen LogP contribution in [0.2, 0.25) is 0 Å². The number of hydrogen-bond acceptors (Lipinski definition) is 2. The summed E-state index contributed by atoms with van der Waals surface area (Å²) in [6.07, 6.45) is 1.70. The van der Waals surface area contributed by atoms with E-state index in [2.05, 4.69) is 21.0 Å². The molecule has 0 saturated heterocycles. The van der Waals surface area contributed by atoms with E-state index < -0.39 is 0 Å². The number of carbonyl (C=O) groups is 1. The quantitative estimate of drug-likeness (QED) is 0.823. The van der Waals surface area contributed by atoms with Crippen molar-refractivity contribution < 1.29 is 4.79 Å². The normalized spacial score (nSPS) is 17.8. The van der Waals surface area contributed by atoms with E-state index in [1.54, 1.807) is 6.21 Å². The Morgan fingerprint density at radius 1 is 1.05 bits per heavy atom. The summed E-state index contributed by atoms with van der Waals surface area (Å²) in [7, 11) is 0. The van der Waals surface area contributed by atoms with Gasteiger partial charge in [0.05, 0.1) is 5.69 Å². The van der Waals surface area contributed by atoms with E-state index in [-0.39, 0.29) is 11.8 Å². The summed E-state index contributed by atoms with van der Waals surface area (Å²) >= 11 is 3.38. The topological polar surface area (TPSA) is 32.7 Å². The number of benzene rings is 2. The lowest BCUT2D eigenvalue weighted by atomic mass is 9.99. The van der Waals surface area contributed by atoms with Gasteiger partial charge in [-0.15, -0.1) is 0 Å². The highest BCUT2D eigenvalue weighted by atomic mass is 79.9. The van der Waals surface area contributed by atoms with Gasteiger partial charge in [-0.25, -0.2) is 5.01 Å². The Labute approximate surface area is 126 Å². The van der Waals surface area contributed by atoms with E-state index in [0.717, 1.165) is 15.7 Å². The van der Waals surface area contributed by atoms with Crippen LogP contribution in [0.1, 0.15) is 17.0 Å². The van der Waals surface area contributed by atoms with Crippen LogP contribution in [0.3, 0.4) is 0 Å². The number of aryl methyl sites for hydroxylation is 1. The third-order valence-electron chi connectivity index (χ3n) is 3.31. The number of halogens is 1. The van der Waals surface area contributed by atoms with Crippen molar-refractivity contribution in [3.63, 3.8) is 0 Å². The molecule has 2 aromatic rings. The molecule has 3 nitrogen and oxygen atoms in total. The SMILES string of the molecule is Cc1ccc([C@H]2C=NN(c3ccc(Br)cc3)C2=O)cc1. The summed E-state index contributed by atoms with van der Waals surface area (Å²) in [6.45, 7) is 2.03. The Morgan fingerprint density at radius 2 is 1.70 bits per heavy atom. The molecule has 0 N–H and O–H groups in total. The summed E-state index contributed by atoms with van der Waals surface area (Å²) in [5.41, 5.74) is 2.94. The van der Waals surface area contributed by atoms with Gasteiger partial charge in [-0.3, -0.25) is 4.79 Å². The standard InChI is InChI=1S/C16H13BrN2O/c1-11-2-4-12(5-3-11)15-10-18-19(16(15)20)14-8-6-13(17)7-9-14/h2-10,15H,1H3/t15-/m1/s1. The van der Waals surface area contributed by atoms with E-state index in [9.17, 15) is 4.79 Å². The molecule has 0 unspecified atom stereocenters. The maximum absolute atomic E-state index is 12.5. The first kappa shape index (κ1) is 13.1. The first-order chi connectivity index (χ1) is 9.65. The predicted molar refractivity (Wildman–Crippen MR) is 84.0 cm³/mol. The first-order valence-corrected chi connectivity index (χ1v) is 7.14. The van der Waals surface area contributed by atoms with Crippen molar-refractivity contribution in [1.82, 2.24) is 0 Å². The number of hydrazone groups is 1. The van der Waals surface area contributed by atoms with Gasteiger partial charge in [0.2, 0.25) is 0 Å². The Balaban J connectivity index is 1.86. The molecule has 1 amide bonds. The van der Waals surface area contributed by atoms with Crippen LogP contribution < -0.4 is 5.01 Å². The van der Waals surface area contributed by atoms with Crippen LogP contribution in [0.4, 0.5) is 5.69 Å². The molecule has 4 heteroatoms. The van der Waals surface area contributed by atoms with Crippen molar-refractivity contribution in [1.29, 1.82) is 0 Å². The molecule has 0 radical (unpaired) electrons. The highest BCUT2D eigenvalue weighted by Crippen LogP contribution is 2.28. The van der Waals surface area contributed by atoms with Crippen LogP contribution in [-0.4, -0.2) is 12.1 Å². The van der Waals surface area contributed by atoms with E-state index in [1.165, 1.54) is 10.6 Å². The first-order valence-electron chi connectivity index (χ1n) is 6.35. The molecule has 100 valence electrons. The summed E-state index contributed by atoms with van der Waals surface area (Å²) in [4.78, 5) is 12.5. The zero-order valence-corrected chi connectivity index (χ0v) is 12.5. The van der Waals surface area contributed by atoms with Gasteiger partial charge in [0, 0.05) is 10.7 Å². The van der Waals surface area contributed by atoms with Gasteiger partial charge in [-0.2, -0.15) is 5.10 Å². The van der Waals surface area contributed by atoms with E-state index in [0.29, 0.717) is 0 Å². The minimum absolute atomic E-state index is 0.0174. The minimum atomic E-state index is -0.292. The fourth-order valence-electron chi connectivity index (χ4n) is 2.16. The third-order valence-corrected chi connectivity index (χ3v) is 3.84. The van der Waals surface area contributed by atoms with Gasteiger partial charge >= 0.3 is 0 Å². The van der Waals surface area contributed by atoms with Crippen LogP contribution in [0.5, 0.6) is 0 Å². The number of rotatable bonds is 2. The highest BCUT2D eigenvalue weighted by molar-refractivity contribution is 9.10. The van der Waals surface area contributed by atoms with Crippen molar-refractivity contribution >= 4 is 33.7 Å². The lowest BCUT2D eigenvalue weighted by Crippen LogP contribution is -2.24. The maximum atomic E-state index is 12.5. The largest absolute Gasteiger partial charge is 0.271 e. The summed E-state index contributed by atoms with van der Waals surface area (Å²) in [6, 6.07) is 15.5. The molecule has 1 aliphatic heterocycles. The van der Waals surface area contributed by atoms with E-state index in [4.69, 9.17) is 0 Å². The number of amides is 1. The maximum Gasteiger partial charge on any atom is 0.260 e. The molecule has 0 aliphatic carbocycles. The monoisotopic (exact) mass is 328 g/mol. The van der Waals surface area contributed by atoms with Crippen LogP contribution >= 0.6 is 15.9 Å². The Bertz CT molecular complexity index is 604. The van der Waals surface area contributed by atoms with Gasteiger partial charge in [0.1, 0.15) is 5.92 Å². The van der Waals surface area contributed by atoms with Crippen molar-refractivity contribution in [2.24, 2.45) is 5.10 Å². The Hall–Kier alpha value is -1.94. The van der Waals surface area contributed by atoms with Gasteiger partial charge < -0.3 is 0 Å². The Kier molecular flexibility index (Phi) is 3.40. The van der Waals surface area contributed by atoms with Gasteiger partial charge in [0.25, 0.3) is 5.91 Å². The second kappa shape index (κ2) is 5.21. The lowest BCUT2D eigenvalue weighted by molar-refractivity contribution is -0.118. The van der Waals surface area contributed by atoms with E-state index in [1.807, 2.05) is 55.5 Å². The van der Waals surface area contributed by atoms with Crippen molar-refractivity contribution in [3.8, 4) is 0 Å². The zero-order chi connectivity index (χ0) is 14.1. The molecular weight excluding hydrogens is 316 g/mol. The molecule has 20 heavy (non-hydrogen) atoms. The lowest BCUT2D eigenvalue weighted by Gasteiger charge is -2.14. The molecule has 0 bridgehead atoms. The molecule has 1 atom stereocenters. The molecule has 1 aliphatic rings. The zero-order valence-electron chi connectivity index (χ0n) is 11.0.